The van der Waals surface area contributed by atoms with Gasteiger partial charge in [-0.05, 0) is 30.6 Å². The average molecular weight is 322 g/mol. The van der Waals surface area contributed by atoms with Crippen molar-refractivity contribution in [3.8, 4) is 0 Å². The van der Waals surface area contributed by atoms with Crippen LogP contribution in [0, 0.1) is 0 Å². The predicted octanol–water partition coefficient (Wildman–Crippen LogP) is 2.93. The molecule has 0 heterocycles. The summed E-state index contributed by atoms with van der Waals surface area (Å²) in [4.78, 5) is 23.1. The summed E-state index contributed by atoms with van der Waals surface area (Å²) in [7, 11) is 0. The van der Waals surface area contributed by atoms with Crippen LogP contribution in [0.2, 0.25) is 10.0 Å². The molecule has 0 bridgehead atoms. The van der Waals surface area contributed by atoms with E-state index in [1.807, 2.05) is 6.26 Å². The van der Waals surface area contributed by atoms with Crippen LogP contribution >= 0.6 is 35.0 Å². The van der Waals surface area contributed by atoms with Crippen molar-refractivity contribution in [3.63, 3.8) is 0 Å². The minimum absolute atomic E-state index is 0.0984. The van der Waals surface area contributed by atoms with Gasteiger partial charge in [0.1, 0.15) is 6.04 Å². The van der Waals surface area contributed by atoms with Crippen molar-refractivity contribution in [3.05, 3.63) is 33.8 Å². The second-order valence-electron chi connectivity index (χ2n) is 3.74. The van der Waals surface area contributed by atoms with Gasteiger partial charge in [-0.25, -0.2) is 4.79 Å². The van der Waals surface area contributed by atoms with Crippen molar-refractivity contribution in [2.24, 2.45) is 0 Å². The molecule has 0 aliphatic heterocycles. The number of carboxylic acids is 1. The van der Waals surface area contributed by atoms with E-state index in [-0.39, 0.29) is 15.6 Å². The van der Waals surface area contributed by atoms with Crippen molar-refractivity contribution in [2.75, 3.05) is 12.0 Å². The summed E-state index contributed by atoms with van der Waals surface area (Å²) >= 11 is 13.3. The molecule has 1 amide bonds. The van der Waals surface area contributed by atoms with E-state index < -0.39 is 17.9 Å². The second kappa shape index (κ2) is 7.62. The van der Waals surface area contributed by atoms with Gasteiger partial charge in [-0.2, -0.15) is 11.8 Å². The van der Waals surface area contributed by atoms with Crippen molar-refractivity contribution >= 4 is 46.8 Å². The molecule has 1 atom stereocenters. The van der Waals surface area contributed by atoms with E-state index in [9.17, 15) is 9.59 Å². The van der Waals surface area contributed by atoms with Crippen LogP contribution in [0.3, 0.4) is 0 Å². The lowest BCUT2D eigenvalue weighted by molar-refractivity contribution is -0.139. The zero-order valence-electron chi connectivity index (χ0n) is 10.2. The maximum atomic E-state index is 12.0. The standard InChI is InChI=1S/C12H13Cl2NO3S/c1-19-6-5-9(12(17)18)15-11(16)10-7(13)3-2-4-8(10)14/h2-4,9H,5-6H2,1H3,(H,15,16)(H,17,18). The first-order valence-electron chi connectivity index (χ1n) is 5.44. The van der Waals surface area contributed by atoms with Gasteiger partial charge in [-0.1, -0.05) is 29.3 Å². The number of amides is 1. The first kappa shape index (κ1) is 16.1. The van der Waals surface area contributed by atoms with E-state index in [1.165, 1.54) is 23.9 Å². The van der Waals surface area contributed by atoms with Gasteiger partial charge < -0.3 is 10.4 Å². The molecule has 19 heavy (non-hydrogen) atoms. The third kappa shape index (κ3) is 4.60. The van der Waals surface area contributed by atoms with Crippen molar-refractivity contribution in [1.82, 2.24) is 5.32 Å². The van der Waals surface area contributed by atoms with Crippen LogP contribution in [-0.2, 0) is 4.79 Å². The SMILES string of the molecule is CSCCC(NC(=O)c1c(Cl)cccc1Cl)C(=O)O. The lowest BCUT2D eigenvalue weighted by Crippen LogP contribution is -2.41. The number of benzene rings is 1. The van der Waals surface area contributed by atoms with Gasteiger partial charge in [0, 0.05) is 0 Å². The molecule has 7 heteroatoms. The number of hydrogen-bond acceptors (Lipinski definition) is 3. The van der Waals surface area contributed by atoms with Crippen LogP contribution < -0.4 is 5.32 Å². The van der Waals surface area contributed by atoms with Crippen LogP contribution in [0.1, 0.15) is 16.8 Å². The largest absolute Gasteiger partial charge is 0.480 e. The van der Waals surface area contributed by atoms with E-state index in [0.717, 1.165) is 0 Å². The molecule has 1 rings (SSSR count). The molecule has 0 fully saturated rings. The normalized spacial score (nSPS) is 11.9. The smallest absolute Gasteiger partial charge is 0.326 e. The fourth-order valence-corrected chi connectivity index (χ4v) is 2.48. The molecule has 0 aliphatic rings. The number of thioether (sulfide) groups is 1. The summed E-state index contributed by atoms with van der Waals surface area (Å²) in [6.45, 7) is 0. The number of hydrogen-bond donors (Lipinski definition) is 2. The molecule has 0 saturated heterocycles. The second-order valence-corrected chi connectivity index (χ2v) is 5.54. The minimum atomic E-state index is -1.08. The zero-order chi connectivity index (χ0) is 14.4. The van der Waals surface area contributed by atoms with E-state index in [0.29, 0.717) is 12.2 Å². The summed E-state index contributed by atoms with van der Waals surface area (Å²) in [5.41, 5.74) is 0.0984. The van der Waals surface area contributed by atoms with Crippen LogP contribution in [-0.4, -0.2) is 35.0 Å². The Morgan fingerprint density at radius 1 is 1.37 bits per heavy atom. The first-order valence-corrected chi connectivity index (χ1v) is 7.59. The topological polar surface area (TPSA) is 66.4 Å². The van der Waals surface area contributed by atoms with Crippen molar-refractivity contribution in [1.29, 1.82) is 0 Å². The van der Waals surface area contributed by atoms with E-state index in [4.69, 9.17) is 28.3 Å². The maximum absolute atomic E-state index is 12.0. The number of halogens is 2. The van der Waals surface area contributed by atoms with Gasteiger partial charge in [-0.3, -0.25) is 4.79 Å². The van der Waals surface area contributed by atoms with Crippen LogP contribution in [0.5, 0.6) is 0 Å². The maximum Gasteiger partial charge on any atom is 0.326 e. The minimum Gasteiger partial charge on any atom is -0.480 e. The summed E-state index contributed by atoms with van der Waals surface area (Å²) in [6.07, 6.45) is 2.20. The highest BCUT2D eigenvalue weighted by Crippen LogP contribution is 2.24. The summed E-state index contributed by atoms with van der Waals surface area (Å²) in [6, 6.07) is 3.72. The first-order chi connectivity index (χ1) is 8.97. The predicted molar refractivity (Wildman–Crippen MR) is 78.4 cm³/mol. The van der Waals surface area contributed by atoms with Gasteiger partial charge in [0.05, 0.1) is 15.6 Å². The highest BCUT2D eigenvalue weighted by atomic mass is 35.5. The van der Waals surface area contributed by atoms with Gasteiger partial charge in [0.2, 0.25) is 0 Å². The number of rotatable bonds is 6. The lowest BCUT2D eigenvalue weighted by Gasteiger charge is -2.15. The molecule has 1 aromatic carbocycles. The Labute approximate surface area is 125 Å². The number of carboxylic acid groups (broad SMARTS) is 1. The Morgan fingerprint density at radius 3 is 2.42 bits per heavy atom. The summed E-state index contributed by atoms with van der Waals surface area (Å²) in [5.74, 6) is -1.03. The summed E-state index contributed by atoms with van der Waals surface area (Å²) < 4.78 is 0. The lowest BCUT2D eigenvalue weighted by atomic mass is 10.1. The fourth-order valence-electron chi connectivity index (χ4n) is 1.44. The number of nitrogens with one attached hydrogen (secondary N) is 1. The quantitative estimate of drug-likeness (QED) is 0.845. The van der Waals surface area contributed by atoms with E-state index >= 15 is 0 Å². The van der Waals surface area contributed by atoms with Crippen LogP contribution in [0.15, 0.2) is 18.2 Å². The molecular weight excluding hydrogens is 309 g/mol. The van der Waals surface area contributed by atoms with Crippen molar-refractivity contribution in [2.45, 2.75) is 12.5 Å². The monoisotopic (exact) mass is 321 g/mol. The van der Waals surface area contributed by atoms with Crippen molar-refractivity contribution < 1.29 is 14.7 Å². The molecular formula is C12H13Cl2NO3S. The van der Waals surface area contributed by atoms with E-state index in [1.54, 1.807) is 6.07 Å². The Morgan fingerprint density at radius 2 is 1.95 bits per heavy atom. The van der Waals surface area contributed by atoms with Gasteiger partial charge in [0.25, 0.3) is 5.91 Å². The molecule has 2 N–H and O–H groups in total. The average Bonchev–Trinajstić information content (AvgIpc) is 2.33. The Hall–Kier alpha value is -0.910. The number of carbonyl (C=O) groups excluding carboxylic acids is 1. The molecule has 104 valence electrons. The molecule has 0 aliphatic carbocycles. The fraction of sp³-hybridized carbons (Fsp3) is 0.333. The number of carbonyl (C=O) groups is 2. The highest BCUT2D eigenvalue weighted by molar-refractivity contribution is 7.98. The third-order valence-corrected chi connectivity index (χ3v) is 3.68. The third-order valence-electron chi connectivity index (χ3n) is 2.40. The number of aliphatic carboxylic acids is 1. The zero-order valence-corrected chi connectivity index (χ0v) is 12.5. The molecule has 0 aromatic heterocycles. The molecule has 0 saturated carbocycles. The van der Waals surface area contributed by atoms with E-state index in [2.05, 4.69) is 5.32 Å². The van der Waals surface area contributed by atoms with Crippen LogP contribution in [0.4, 0.5) is 0 Å². The molecule has 0 radical (unpaired) electrons. The van der Waals surface area contributed by atoms with Gasteiger partial charge >= 0.3 is 5.97 Å². The Balaban J connectivity index is 2.85. The molecule has 4 nitrogen and oxygen atoms in total. The van der Waals surface area contributed by atoms with Crippen LogP contribution in [0.25, 0.3) is 0 Å². The highest BCUT2D eigenvalue weighted by Gasteiger charge is 2.22. The molecule has 1 unspecified atom stereocenters. The van der Waals surface area contributed by atoms with Gasteiger partial charge in [-0.15, -0.1) is 0 Å². The summed E-state index contributed by atoms with van der Waals surface area (Å²) in [5, 5.41) is 11.9. The Bertz CT molecular complexity index is 462. The van der Waals surface area contributed by atoms with Gasteiger partial charge in [0.15, 0.2) is 0 Å². The molecule has 0 spiro atoms. The molecule has 1 aromatic rings. The Kier molecular flexibility index (Phi) is 6.48.